The molecule has 0 fully saturated rings. The Kier molecular flexibility index (Phi) is 6.52. The topological polar surface area (TPSA) is 123 Å². The number of carbonyl (C=O) groups excluding carboxylic acids is 1. The van der Waals surface area contributed by atoms with Crippen LogP contribution in [-0.2, 0) is 12.0 Å². The fourth-order valence-electron chi connectivity index (χ4n) is 3.00. The van der Waals surface area contributed by atoms with Gasteiger partial charge in [0.2, 0.25) is 5.95 Å². The zero-order valence-electron chi connectivity index (χ0n) is 19.1. The Hall–Kier alpha value is -3.82. The third-order valence-electron chi connectivity index (χ3n) is 4.68. The summed E-state index contributed by atoms with van der Waals surface area (Å²) < 4.78 is 12.0. The number of carbonyl (C=O) groups is 1. The lowest BCUT2D eigenvalue weighted by Crippen LogP contribution is -2.29. The van der Waals surface area contributed by atoms with Crippen LogP contribution in [0.15, 0.2) is 35.1 Å². The number of benzene rings is 1. The molecule has 2 amide bonds. The Balaban J connectivity index is 1.82. The summed E-state index contributed by atoms with van der Waals surface area (Å²) in [5.41, 5.74) is 1.54. The van der Waals surface area contributed by atoms with Gasteiger partial charge in [0, 0.05) is 29.8 Å². The predicted molar refractivity (Wildman–Crippen MR) is 121 cm³/mol. The average Bonchev–Trinajstić information content (AvgIpc) is 3.15. The smallest absolute Gasteiger partial charge is 0.320 e. The molecule has 3 N–H and O–H groups in total. The predicted octanol–water partition coefficient (Wildman–Crippen LogP) is 2.90. The molecule has 3 rings (SSSR count). The van der Waals surface area contributed by atoms with Crippen LogP contribution in [0.1, 0.15) is 37.7 Å². The van der Waals surface area contributed by atoms with Gasteiger partial charge in [-0.25, -0.2) is 9.78 Å². The lowest BCUT2D eigenvalue weighted by atomic mass is 9.92. The van der Waals surface area contributed by atoms with Crippen molar-refractivity contribution >= 4 is 11.8 Å². The van der Waals surface area contributed by atoms with E-state index in [4.69, 9.17) is 9.47 Å². The molecule has 0 saturated carbocycles. The van der Waals surface area contributed by atoms with Crippen LogP contribution in [0, 0.1) is 6.92 Å². The number of aromatic nitrogens is 4. The van der Waals surface area contributed by atoms with Crippen molar-refractivity contribution in [3.63, 3.8) is 0 Å². The van der Waals surface area contributed by atoms with Gasteiger partial charge in [0.1, 0.15) is 5.82 Å². The molecular formula is C22H28N6O4. The number of methoxy groups -OCH3 is 2. The highest BCUT2D eigenvalue weighted by Crippen LogP contribution is 2.28. The molecule has 2 heterocycles. The molecule has 3 aromatic rings. The normalized spacial score (nSPS) is 11.2. The molecule has 0 unspecified atom stereocenters. The van der Waals surface area contributed by atoms with E-state index < -0.39 is 6.03 Å². The van der Waals surface area contributed by atoms with Gasteiger partial charge < -0.3 is 14.8 Å². The van der Waals surface area contributed by atoms with Crippen molar-refractivity contribution in [3.8, 4) is 17.4 Å². The second kappa shape index (κ2) is 9.13. The number of hydrogen-bond acceptors (Lipinski definition) is 6. The van der Waals surface area contributed by atoms with Gasteiger partial charge in [-0.1, -0.05) is 26.8 Å². The Morgan fingerprint density at radius 1 is 1.12 bits per heavy atom. The van der Waals surface area contributed by atoms with Gasteiger partial charge in [0.15, 0.2) is 11.5 Å². The van der Waals surface area contributed by atoms with Gasteiger partial charge in [-0.3, -0.25) is 15.1 Å². The summed E-state index contributed by atoms with van der Waals surface area (Å²) in [6, 6.07) is 8.13. The third-order valence-corrected chi connectivity index (χ3v) is 4.68. The van der Waals surface area contributed by atoms with Gasteiger partial charge in [-0.05, 0) is 24.6 Å². The molecule has 10 nitrogen and oxygen atoms in total. The highest BCUT2D eigenvalue weighted by Gasteiger charge is 2.22. The van der Waals surface area contributed by atoms with Crippen LogP contribution in [0.25, 0.3) is 5.95 Å². The number of aromatic amines is 1. The summed E-state index contributed by atoms with van der Waals surface area (Å²) in [5.74, 6) is 1.79. The number of rotatable bonds is 6. The Morgan fingerprint density at radius 3 is 2.47 bits per heavy atom. The largest absolute Gasteiger partial charge is 0.493 e. The van der Waals surface area contributed by atoms with E-state index in [1.165, 1.54) is 10.7 Å². The maximum Gasteiger partial charge on any atom is 0.320 e. The summed E-state index contributed by atoms with van der Waals surface area (Å²) in [4.78, 5) is 31.6. The lowest BCUT2D eigenvalue weighted by Gasteiger charge is -2.13. The number of H-pyrrole nitrogens is 1. The molecule has 0 aliphatic carbocycles. The summed E-state index contributed by atoms with van der Waals surface area (Å²) >= 11 is 0. The van der Waals surface area contributed by atoms with Crippen molar-refractivity contribution in [2.24, 2.45) is 0 Å². The molecule has 1 aromatic carbocycles. The number of nitrogens with zero attached hydrogens (tertiary/aromatic N) is 3. The standard InChI is InChI=1S/C22H28N6O4/c1-13-9-19(29)26-20(24-13)28-18(11-17(27-28)22(2,3)4)25-21(30)23-12-14-7-8-15(31-5)16(10-14)32-6/h7-11H,12H2,1-6H3,(H2,23,25,30)(H,24,26,29). The van der Waals surface area contributed by atoms with Crippen LogP contribution in [0.5, 0.6) is 11.5 Å². The van der Waals surface area contributed by atoms with E-state index in [1.807, 2.05) is 26.8 Å². The fraction of sp³-hybridized carbons (Fsp3) is 0.364. The number of nitrogens with one attached hydrogen (secondary N) is 3. The van der Waals surface area contributed by atoms with Gasteiger partial charge in [0.25, 0.3) is 5.56 Å². The van der Waals surface area contributed by atoms with Crippen LogP contribution < -0.4 is 25.7 Å². The maximum absolute atomic E-state index is 12.6. The van der Waals surface area contributed by atoms with E-state index >= 15 is 0 Å². The molecule has 32 heavy (non-hydrogen) atoms. The zero-order valence-corrected chi connectivity index (χ0v) is 19.1. The summed E-state index contributed by atoms with van der Waals surface area (Å²) in [5, 5.41) is 10.2. The molecule has 0 radical (unpaired) electrons. The van der Waals surface area contributed by atoms with Gasteiger partial charge in [0.05, 0.1) is 19.9 Å². The van der Waals surface area contributed by atoms with Gasteiger partial charge in [-0.15, -0.1) is 0 Å². The first-order valence-electron chi connectivity index (χ1n) is 10.1. The molecule has 2 aromatic heterocycles. The molecule has 170 valence electrons. The molecular weight excluding hydrogens is 412 g/mol. The zero-order chi connectivity index (χ0) is 23.5. The Labute approximate surface area is 186 Å². The summed E-state index contributed by atoms with van der Waals surface area (Å²) in [6.45, 7) is 8.01. The SMILES string of the molecule is COc1ccc(CNC(=O)Nc2cc(C(C)(C)C)nn2-c2nc(C)cc(=O)[nH]2)cc1OC. The number of anilines is 1. The van der Waals surface area contributed by atoms with Crippen molar-refractivity contribution in [3.05, 3.63) is 57.6 Å². The van der Waals surface area contributed by atoms with Crippen LogP contribution in [0.2, 0.25) is 0 Å². The van der Waals surface area contributed by atoms with E-state index in [2.05, 4.69) is 25.7 Å². The van der Waals surface area contributed by atoms with Crippen LogP contribution in [0.3, 0.4) is 0 Å². The second-order valence-electron chi connectivity index (χ2n) is 8.28. The van der Waals surface area contributed by atoms with Crippen molar-refractivity contribution in [1.29, 1.82) is 0 Å². The third kappa shape index (κ3) is 5.26. The number of aryl methyl sites for hydroxylation is 1. The molecule has 0 aliphatic rings. The van der Waals surface area contributed by atoms with Gasteiger partial charge in [-0.2, -0.15) is 9.78 Å². The quantitative estimate of drug-likeness (QED) is 0.542. The van der Waals surface area contributed by atoms with Crippen LogP contribution in [-0.4, -0.2) is 40.0 Å². The highest BCUT2D eigenvalue weighted by molar-refractivity contribution is 5.88. The molecule has 0 aliphatic heterocycles. The molecule has 0 bridgehead atoms. The number of hydrogen-bond donors (Lipinski definition) is 3. The monoisotopic (exact) mass is 440 g/mol. The number of ether oxygens (including phenoxy) is 2. The van der Waals surface area contributed by atoms with Crippen molar-refractivity contribution in [1.82, 2.24) is 25.1 Å². The van der Waals surface area contributed by atoms with Crippen molar-refractivity contribution in [2.45, 2.75) is 39.7 Å². The minimum absolute atomic E-state index is 0.223. The fourth-order valence-corrected chi connectivity index (χ4v) is 3.00. The van der Waals surface area contributed by atoms with Crippen molar-refractivity contribution < 1.29 is 14.3 Å². The minimum atomic E-state index is -0.434. The molecule has 0 saturated heterocycles. The summed E-state index contributed by atoms with van der Waals surface area (Å²) in [6.07, 6.45) is 0. The first-order valence-corrected chi connectivity index (χ1v) is 10.1. The van der Waals surface area contributed by atoms with Crippen molar-refractivity contribution in [2.75, 3.05) is 19.5 Å². The Bertz CT molecular complexity index is 1180. The first kappa shape index (κ1) is 22.9. The van der Waals surface area contributed by atoms with E-state index in [0.717, 1.165) is 11.3 Å². The van der Waals surface area contributed by atoms with E-state index in [1.54, 1.807) is 39.3 Å². The number of urea groups is 1. The molecule has 10 heteroatoms. The Morgan fingerprint density at radius 2 is 1.84 bits per heavy atom. The van der Waals surface area contributed by atoms with E-state index in [0.29, 0.717) is 23.0 Å². The highest BCUT2D eigenvalue weighted by atomic mass is 16.5. The summed E-state index contributed by atoms with van der Waals surface area (Å²) in [7, 11) is 3.12. The minimum Gasteiger partial charge on any atom is -0.493 e. The van der Waals surface area contributed by atoms with E-state index in [9.17, 15) is 9.59 Å². The van der Waals surface area contributed by atoms with E-state index in [-0.39, 0.29) is 23.5 Å². The van der Waals surface area contributed by atoms with Crippen LogP contribution >= 0.6 is 0 Å². The first-order chi connectivity index (χ1) is 15.1. The lowest BCUT2D eigenvalue weighted by molar-refractivity contribution is 0.251. The maximum atomic E-state index is 12.6. The van der Waals surface area contributed by atoms with Gasteiger partial charge >= 0.3 is 6.03 Å². The number of amides is 2. The molecule has 0 spiro atoms. The van der Waals surface area contributed by atoms with Crippen LogP contribution in [0.4, 0.5) is 10.6 Å². The average molecular weight is 441 g/mol. The second-order valence-corrected chi connectivity index (χ2v) is 8.28. The molecule has 0 atom stereocenters.